The van der Waals surface area contributed by atoms with Crippen LogP contribution < -0.4 is 5.32 Å². The van der Waals surface area contributed by atoms with E-state index in [4.69, 9.17) is 9.26 Å². The first-order chi connectivity index (χ1) is 13.2. The fraction of sp³-hybridized carbons (Fsp3) is 0.765. The summed E-state index contributed by atoms with van der Waals surface area (Å²) in [6, 6.07) is 1.25. The molecule has 0 bridgehead atoms. The number of carbonyl (C=O) groups is 1. The standard InChI is InChI=1S/C17H29N5O5S/c1-12-9-16(27-19-12)18-17(23)15(4)20-5-7-21(8-6-20)28(24,25)22-10-13(2)26-14(3)11-22/h9,13-15H,5-8,10-11H2,1-4H3,(H,18,23). The lowest BCUT2D eigenvalue weighted by Gasteiger charge is -2.41. The molecule has 3 unspecified atom stereocenters. The number of aryl methyl sites for hydroxylation is 1. The number of rotatable bonds is 5. The number of carbonyl (C=O) groups excluding carboxylic acids is 1. The third-order valence-corrected chi connectivity index (χ3v) is 7.08. The van der Waals surface area contributed by atoms with Gasteiger partial charge in [-0.15, -0.1) is 0 Å². The van der Waals surface area contributed by atoms with Crippen LogP contribution in [0.15, 0.2) is 10.6 Å². The third kappa shape index (κ3) is 4.71. The summed E-state index contributed by atoms with van der Waals surface area (Å²) in [5, 5.41) is 6.44. The van der Waals surface area contributed by atoms with Gasteiger partial charge in [0.15, 0.2) is 0 Å². The number of amides is 1. The van der Waals surface area contributed by atoms with Gasteiger partial charge in [-0.05, 0) is 27.7 Å². The molecule has 1 aromatic heterocycles. The van der Waals surface area contributed by atoms with Gasteiger partial charge in [0, 0.05) is 45.3 Å². The Morgan fingerprint density at radius 1 is 1.18 bits per heavy atom. The molecule has 0 radical (unpaired) electrons. The molecule has 1 N–H and O–H groups in total. The minimum Gasteiger partial charge on any atom is -0.373 e. The summed E-state index contributed by atoms with van der Waals surface area (Å²) >= 11 is 0. The summed E-state index contributed by atoms with van der Waals surface area (Å²) in [4.78, 5) is 14.4. The minimum absolute atomic E-state index is 0.122. The largest absolute Gasteiger partial charge is 0.373 e. The van der Waals surface area contributed by atoms with Crippen molar-refractivity contribution in [2.24, 2.45) is 0 Å². The summed E-state index contributed by atoms with van der Waals surface area (Å²) < 4.78 is 39.6. The third-order valence-electron chi connectivity index (χ3n) is 5.11. The molecule has 10 nitrogen and oxygen atoms in total. The predicted molar refractivity (Wildman–Crippen MR) is 103 cm³/mol. The van der Waals surface area contributed by atoms with Crippen LogP contribution in [0.25, 0.3) is 0 Å². The highest BCUT2D eigenvalue weighted by molar-refractivity contribution is 7.86. The van der Waals surface area contributed by atoms with Gasteiger partial charge in [0.1, 0.15) is 0 Å². The molecule has 2 aliphatic rings. The van der Waals surface area contributed by atoms with E-state index >= 15 is 0 Å². The molecular formula is C17H29N5O5S. The van der Waals surface area contributed by atoms with Gasteiger partial charge in [-0.2, -0.15) is 17.0 Å². The average molecular weight is 416 g/mol. The second-order valence-electron chi connectivity index (χ2n) is 7.51. The highest BCUT2D eigenvalue weighted by Gasteiger charge is 2.37. The monoisotopic (exact) mass is 415 g/mol. The van der Waals surface area contributed by atoms with E-state index in [-0.39, 0.29) is 18.1 Å². The Morgan fingerprint density at radius 3 is 2.32 bits per heavy atom. The smallest absolute Gasteiger partial charge is 0.282 e. The van der Waals surface area contributed by atoms with Gasteiger partial charge < -0.3 is 9.26 Å². The Bertz CT molecular complexity index is 780. The van der Waals surface area contributed by atoms with Crippen molar-refractivity contribution < 1.29 is 22.5 Å². The first-order valence-corrected chi connectivity index (χ1v) is 11.0. The van der Waals surface area contributed by atoms with E-state index in [2.05, 4.69) is 10.5 Å². The molecule has 0 spiro atoms. The zero-order chi connectivity index (χ0) is 20.5. The normalized spacial score (nSPS) is 26.9. The van der Waals surface area contributed by atoms with Crippen molar-refractivity contribution in [2.75, 3.05) is 44.6 Å². The fourth-order valence-electron chi connectivity index (χ4n) is 3.62. The van der Waals surface area contributed by atoms with Crippen molar-refractivity contribution in [3.63, 3.8) is 0 Å². The topological polar surface area (TPSA) is 108 Å². The molecule has 2 fully saturated rings. The summed E-state index contributed by atoms with van der Waals surface area (Å²) in [6.45, 7) is 9.73. The molecule has 3 heterocycles. The van der Waals surface area contributed by atoms with Crippen LogP contribution in [0.4, 0.5) is 5.88 Å². The molecular weight excluding hydrogens is 386 g/mol. The molecule has 1 amide bonds. The van der Waals surface area contributed by atoms with E-state index in [0.29, 0.717) is 50.8 Å². The van der Waals surface area contributed by atoms with Crippen molar-refractivity contribution >= 4 is 22.0 Å². The van der Waals surface area contributed by atoms with Crippen LogP contribution in [-0.4, -0.2) is 90.5 Å². The SMILES string of the molecule is Cc1cc(NC(=O)C(C)N2CCN(S(=O)(=O)N3CC(C)OC(C)C3)CC2)on1. The number of aromatic nitrogens is 1. The summed E-state index contributed by atoms with van der Waals surface area (Å²) in [6.07, 6.45) is -0.244. The Balaban J connectivity index is 1.55. The van der Waals surface area contributed by atoms with Crippen LogP contribution >= 0.6 is 0 Å². The molecule has 0 aromatic carbocycles. The van der Waals surface area contributed by atoms with Crippen molar-refractivity contribution in [1.82, 2.24) is 18.7 Å². The Labute approximate surface area is 165 Å². The van der Waals surface area contributed by atoms with Crippen molar-refractivity contribution in [1.29, 1.82) is 0 Å². The van der Waals surface area contributed by atoms with Crippen LogP contribution in [-0.2, 0) is 19.7 Å². The maximum Gasteiger partial charge on any atom is 0.282 e. The van der Waals surface area contributed by atoms with Crippen LogP contribution in [0.1, 0.15) is 26.5 Å². The van der Waals surface area contributed by atoms with Crippen molar-refractivity contribution in [3.05, 3.63) is 11.8 Å². The first-order valence-electron chi connectivity index (χ1n) is 9.55. The first kappa shape index (κ1) is 21.2. The van der Waals surface area contributed by atoms with Gasteiger partial charge in [-0.1, -0.05) is 5.16 Å². The number of nitrogens with zero attached hydrogens (tertiary/aromatic N) is 4. The Morgan fingerprint density at radius 2 is 1.79 bits per heavy atom. The maximum atomic E-state index is 13.0. The van der Waals surface area contributed by atoms with Crippen molar-refractivity contribution in [2.45, 2.75) is 45.9 Å². The molecule has 3 atom stereocenters. The number of hydrogen-bond donors (Lipinski definition) is 1. The van der Waals surface area contributed by atoms with Gasteiger partial charge in [0.25, 0.3) is 10.2 Å². The van der Waals surface area contributed by atoms with Crippen LogP contribution in [0, 0.1) is 6.92 Å². The number of hydrogen-bond acceptors (Lipinski definition) is 7. The van der Waals surface area contributed by atoms with E-state index in [1.54, 1.807) is 19.9 Å². The van der Waals surface area contributed by atoms with Crippen molar-refractivity contribution in [3.8, 4) is 0 Å². The van der Waals surface area contributed by atoms with E-state index in [0.717, 1.165) is 0 Å². The highest BCUT2D eigenvalue weighted by atomic mass is 32.2. The second kappa shape index (κ2) is 8.46. The van der Waals surface area contributed by atoms with Gasteiger partial charge in [-0.25, -0.2) is 0 Å². The summed E-state index contributed by atoms with van der Waals surface area (Å²) in [5.74, 6) is 0.106. The lowest BCUT2D eigenvalue weighted by molar-refractivity contribution is -0.121. The lowest BCUT2D eigenvalue weighted by Crippen LogP contribution is -2.58. The van der Waals surface area contributed by atoms with Gasteiger partial charge in [-0.3, -0.25) is 15.0 Å². The van der Waals surface area contributed by atoms with Crippen LogP contribution in [0.2, 0.25) is 0 Å². The van der Waals surface area contributed by atoms with E-state index in [1.807, 2.05) is 18.7 Å². The van der Waals surface area contributed by atoms with Crippen LogP contribution in [0.5, 0.6) is 0 Å². The number of nitrogens with one attached hydrogen (secondary N) is 1. The zero-order valence-corrected chi connectivity index (χ0v) is 17.6. The Hall–Kier alpha value is -1.53. The quantitative estimate of drug-likeness (QED) is 0.736. The Kier molecular flexibility index (Phi) is 6.40. The number of morpholine rings is 1. The molecule has 11 heteroatoms. The number of anilines is 1. The zero-order valence-electron chi connectivity index (χ0n) is 16.8. The fourth-order valence-corrected chi connectivity index (χ4v) is 5.37. The minimum atomic E-state index is -3.53. The molecule has 2 aliphatic heterocycles. The van der Waals surface area contributed by atoms with E-state index < -0.39 is 16.3 Å². The highest BCUT2D eigenvalue weighted by Crippen LogP contribution is 2.20. The molecule has 3 rings (SSSR count). The molecule has 0 aliphatic carbocycles. The molecule has 0 saturated carbocycles. The van der Waals surface area contributed by atoms with E-state index in [1.165, 1.54) is 8.61 Å². The van der Waals surface area contributed by atoms with Crippen LogP contribution in [0.3, 0.4) is 0 Å². The number of ether oxygens (including phenoxy) is 1. The van der Waals surface area contributed by atoms with Gasteiger partial charge in [0.2, 0.25) is 11.8 Å². The maximum absolute atomic E-state index is 13.0. The lowest BCUT2D eigenvalue weighted by atomic mass is 10.2. The average Bonchev–Trinajstić information content (AvgIpc) is 3.05. The van der Waals surface area contributed by atoms with Gasteiger partial charge in [0.05, 0.1) is 23.9 Å². The van der Waals surface area contributed by atoms with Gasteiger partial charge >= 0.3 is 0 Å². The van der Waals surface area contributed by atoms with E-state index in [9.17, 15) is 13.2 Å². The number of piperazine rings is 1. The summed E-state index contributed by atoms with van der Waals surface area (Å²) in [5.41, 5.74) is 0.688. The second-order valence-corrected chi connectivity index (χ2v) is 9.44. The molecule has 158 valence electrons. The molecule has 1 aromatic rings. The molecule has 2 saturated heterocycles. The summed E-state index contributed by atoms with van der Waals surface area (Å²) in [7, 11) is -3.53. The molecule has 28 heavy (non-hydrogen) atoms. The predicted octanol–water partition coefficient (Wildman–Crippen LogP) is 0.282.